The van der Waals surface area contributed by atoms with Crippen LogP contribution in [0.25, 0.3) is 0 Å². The van der Waals surface area contributed by atoms with Crippen LogP contribution in [0.4, 0.5) is 0 Å². The van der Waals surface area contributed by atoms with Gasteiger partial charge in [-0.3, -0.25) is 4.55 Å². The third-order valence-electron chi connectivity index (χ3n) is 2.06. The monoisotopic (exact) mass is 195 g/mol. The lowest BCUT2D eigenvalue weighted by Gasteiger charge is -2.28. The maximum absolute atomic E-state index is 10.6. The number of nitrogens with zero attached hydrogens (tertiary/aromatic N) is 1. The first-order valence-corrected chi connectivity index (χ1v) is 5.19. The van der Waals surface area contributed by atoms with Gasteiger partial charge in [-0.15, -0.1) is 0 Å². The van der Waals surface area contributed by atoms with Gasteiger partial charge in [0.25, 0.3) is 0 Å². The third-order valence-corrected chi connectivity index (χ3v) is 3.08. The van der Waals surface area contributed by atoms with Crippen LogP contribution < -0.4 is 0 Å². The van der Waals surface area contributed by atoms with E-state index in [1.54, 1.807) is 7.11 Å². The van der Waals surface area contributed by atoms with E-state index in [9.17, 15) is 8.42 Å². The Morgan fingerprint density at radius 2 is 1.92 bits per heavy atom. The summed E-state index contributed by atoms with van der Waals surface area (Å²) >= 11 is 0. The highest BCUT2D eigenvalue weighted by molar-refractivity contribution is 7.83. The quantitative estimate of drug-likeness (QED) is 0.625. The molecule has 1 aliphatic rings. The van der Waals surface area contributed by atoms with Crippen molar-refractivity contribution in [3.05, 3.63) is 0 Å². The molecule has 1 N–H and O–H groups in total. The van der Waals surface area contributed by atoms with Crippen molar-refractivity contribution in [2.75, 3.05) is 20.2 Å². The Bertz CT molecular complexity index is 230. The van der Waals surface area contributed by atoms with Crippen LogP contribution in [0.5, 0.6) is 0 Å². The Kier molecular flexibility index (Phi) is 3.05. The van der Waals surface area contributed by atoms with Crippen molar-refractivity contribution in [2.45, 2.75) is 18.9 Å². The molecule has 1 fully saturated rings. The van der Waals surface area contributed by atoms with Gasteiger partial charge in [-0.25, -0.2) is 0 Å². The van der Waals surface area contributed by atoms with Gasteiger partial charge >= 0.3 is 10.3 Å². The smallest absolute Gasteiger partial charge is 0.335 e. The van der Waals surface area contributed by atoms with Crippen LogP contribution in [0.3, 0.4) is 0 Å². The van der Waals surface area contributed by atoms with Gasteiger partial charge in [0.15, 0.2) is 0 Å². The van der Waals surface area contributed by atoms with Crippen LogP contribution in [0.2, 0.25) is 0 Å². The second-order valence-electron chi connectivity index (χ2n) is 2.81. The predicted octanol–water partition coefficient (Wildman–Crippen LogP) is -0.1000. The summed E-state index contributed by atoms with van der Waals surface area (Å²) in [5.41, 5.74) is 0. The third kappa shape index (κ3) is 2.41. The van der Waals surface area contributed by atoms with E-state index in [1.807, 2.05) is 0 Å². The zero-order valence-corrected chi connectivity index (χ0v) is 7.75. The largest absolute Gasteiger partial charge is 0.381 e. The van der Waals surface area contributed by atoms with Crippen LogP contribution in [-0.2, 0) is 15.0 Å². The molecular weight excluding hydrogens is 182 g/mol. The molecule has 6 heteroatoms. The molecule has 1 saturated heterocycles. The highest BCUT2D eigenvalue weighted by Gasteiger charge is 2.25. The van der Waals surface area contributed by atoms with Crippen LogP contribution in [0.15, 0.2) is 0 Å². The van der Waals surface area contributed by atoms with Crippen molar-refractivity contribution in [2.24, 2.45) is 0 Å². The molecule has 5 nitrogen and oxygen atoms in total. The Morgan fingerprint density at radius 1 is 1.42 bits per heavy atom. The lowest BCUT2D eigenvalue weighted by Crippen LogP contribution is -2.40. The molecule has 0 aromatic heterocycles. The summed E-state index contributed by atoms with van der Waals surface area (Å²) in [6, 6.07) is 0. The summed E-state index contributed by atoms with van der Waals surface area (Å²) in [6.07, 6.45) is 1.43. The fourth-order valence-corrected chi connectivity index (χ4v) is 1.97. The van der Waals surface area contributed by atoms with Gasteiger partial charge in [0, 0.05) is 20.2 Å². The van der Waals surface area contributed by atoms with E-state index in [4.69, 9.17) is 9.29 Å². The summed E-state index contributed by atoms with van der Waals surface area (Å²) < 4.78 is 36.0. The Morgan fingerprint density at radius 3 is 2.25 bits per heavy atom. The zero-order valence-electron chi connectivity index (χ0n) is 6.93. The average molecular weight is 195 g/mol. The SMILES string of the molecule is COC1CCN(S(=O)(=O)O)CC1. The first kappa shape index (κ1) is 9.91. The van der Waals surface area contributed by atoms with Crippen molar-refractivity contribution < 1.29 is 17.7 Å². The van der Waals surface area contributed by atoms with E-state index in [1.165, 1.54) is 0 Å². The molecule has 0 bridgehead atoms. The van der Waals surface area contributed by atoms with Crippen LogP contribution in [0.1, 0.15) is 12.8 Å². The fourth-order valence-electron chi connectivity index (χ4n) is 1.30. The molecule has 0 aliphatic carbocycles. The summed E-state index contributed by atoms with van der Waals surface area (Å²) in [6.45, 7) is 0.689. The van der Waals surface area contributed by atoms with Gasteiger partial charge in [0.05, 0.1) is 6.10 Å². The van der Waals surface area contributed by atoms with E-state index in [0.717, 1.165) is 4.31 Å². The van der Waals surface area contributed by atoms with Gasteiger partial charge in [0.1, 0.15) is 0 Å². The first-order chi connectivity index (χ1) is 5.54. The maximum atomic E-state index is 10.6. The summed E-state index contributed by atoms with van der Waals surface area (Å²) in [4.78, 5) is 0. The highest BCUT2D eigenvalue weighted by atomic mass is 32.2. The van der Waals surface area contributed by atoms with Crippen molar-refractivity contribution in [3.8, 4) is 0 Å². The molecule has 0 atom stereocenters. The van der Waals surface area contributed by atoms with Gasteiger partial charge in [-0.1, -0.05) is 0 Å². The van der Waals surface area contributed by atoms with E-state index >= 15 is 0 Å². The van der Waals surface area contributed by atoms with Gasteiger partial charge in [0.2, 0.25) is 0 Å². The number of rotatable bonds is 2. The first-order valence-electron chi connectivity index (χ1n) is 3.79. The maximum Gasteiger partial charge on any atom is 0.335 e. The van der Waals surface area contributed by atoms with Crippen LogP contribution >= 0.6 is 0 Å². The summed E-state index contributed by atoms with van der Waals surface area (Å²) in [5, 5.41) is 0. The Balaban J connectivity index is 2.47. The van der Waals surface area contributed by atoms with E-state index < -0.39 is 10.3 Å². The highest BCUT2D eigenvalue weighted by Crippen LogP contribution is 2.14. The number of methoxy groups -OCH3 is 1. The van der Waals surface area contributed by atoms with Crippen molar-refractivity contribution >= 4 is 10.3 Å². The number of ether oxygens (including phenoxy) is 1. The molecule has 12 heavy (non-hydrogen) atoms. The zero-order chi connectivity index (χ0) is 9.19. The molecule has 72 valence electrons. The molecular formula is C6H13NO4S. The van der Waals surface area contributed by atoms with Gasteiger partial charge in [-0.2, -0.15) is 12.7 Å². The van der Waals surface area contributed by atoms with Gasteiger partial charge < -0.3 is 4.74 Å². The molecule has 0 aromatic rings. The standard InChI is InChI=1S/C6H13NO4S/c1-11-6-2-4-7(5-3-6)12(8,9)10/h6H,2-5H2,1H3,(H,8,9,10). The second kappa shape index (κ2) is 3.69. The van der Waals surface area contributed by atoms with Crippen molar-refractivity contribution in [1.29, 1.82) is 0 Å². The lowest BCUT2D eigenvalue weighted by atomic mass is 10.1. The van der Waals surface area contributed by atoms with Crippen LogP contribution in [0, 0.1) is 0 Å². The summed E-state index contributed by atoms with van der Waals surface area (Å²) in [5.74, 6) is 0. The molecule has 1 rings (SSSR count). The van der Waals surface area contributed by atoms with E-state index in [2.05, 4.69) is 0 Å². The molecule has 0 spiro atoms. The molecule has 1 aliphatic heterocycles. The molecule has 0 radical (unpaired) electrons. The fraction of sp³-hybridized carbons (Fsp3) is 1.00. The molecule has 0 amide bonds. The average Bonchev–Trinajstić information content (AvgIpc) is 2.03. The van der Waals surface area contributed by atoms with Crippen LogP contribution in [-0.4, -0.2) is 43.6 Å². The minimum atomic E-state index is -3.98. The van der Waals surface area contributed by atoms with Crippen molar-refractivity contribution in [3.63, 3.8) is 0 Å². The molecule has 0 saturated carbocycles. The number of hydrogen-bond acceptors (Lipinski definition) is 3. The van der Waals surface area contributed by atoms with E-state index in [-0.39, 0.29) is 6.10 Å². The number of hydrogen-bond donors (Lipinski definition) is 1. The minimum absolute atomic E-state index is 0.128. The van der Waals surface area contributed by atoms with E-state index in [0.29, 0.717) is 25.9 Å². The molecule has 0 aromatic carbocycles. The number of piperidine rings is 1. The predicted molar refractivity (Wildman–Crippen MR) is 43.2 cm³/mol. The lowest BCUT2D eigenvalue weighted by molar-refractivity contribution is 0.0587. The minimum Gasteiger partial charge on any atom is -0.381 e. The second-order valence-corrected chi connectivity index (χ2v) is 4.22. The Hall–Kier alpha value is -0.170. The topological polar surface area (TPSA) is 66.8 Å². The Labute approximate surface area is 72.2 Å². The summed E-state index contributed by atoms with van der Waals surface area (Å²) in [7, 11) is -2.37. The van der Waals surface area contributed by atoms with Crippen molar-refractivity contribution in [1.82, 2.24) is 4.31 Å². The molecule has 1 heterocycles. The normalized spacial score (nSPS) is 22.8. The molecule has 0 unspecified atom stereocenters. The van der Waals surface area contributed by atoms with Gasteiger partial charge in [-0.05, 0) is 12.8 Å².